The van der Waals surface area contributed by atoms with Crippen LogP contribution in [0, 0.1) is 0 Å². The molecule has 1 heteroatoms. The zero-order valence-corrected chi connectivity index (χ0v) is 9.96. The largest absolute Gasteiger partial charge is 0.0871 e. The molecule has 0 nitrogen and oxygen atoms in total. The molecular weight excluding hydrogens is 172 g/mol. The lowest BCUT2D eigenvalue weighted by Gasteiger charge is -2.19. The maximum absolute atomic E-state index is 2.38. The van der Waals surface area contributed by atoms with Crippen molar-refractivity contribution in [3.63, 3.8) is 0 Å². The van der Waals surface area contributed by atoms with Gasteiger partial charge < -0.3 is 0 Å². The first kappa shape index (κ1) is 10.3. The predicted octanol–water partition coefficient (Wildman–Crippen LogP) is 3.26. The van der Waals surface area contributed by atoms with Gasteiger partial charge in [-0.25, -0.2) is 0 Å². The predicted molar refractivity (Wildman–Crippen MR) is 64.1 cm³/mol. The molecule has 0 spiro atoms. The van der Waals surface area contributed by atoms with Crippen LogP contribution in [0.5, 0.6) is 0 Å². The van der Waals surface area contributed by atoms with Crippen LogP contribution in [0.25, 0.3) is 6.08 Å². The van der Waals surface area contributed by atoms with E-state index in [2.05, 4.69) is 63.0 Å². The number of rotatable bonds is 2. The van der Waals surface area contributed by atoms with Gasteiger partial charge in [-0.15, -0.1) is 0 Å². The van der Waals surface area contributed by atoms with Crippen molar-refractivity contribution in [2.75, 3.05) is 0 Å². The maximum atomic E-state index is 2.38. The van der Waals surface area contributed by atoms with Crippen LogP contribution in [0.1, 0.15) is 12.5 Å². The summed E-state index contributed by atoms with van der Waals surface area (Å²) >= 11 is 0. The molecule has 0 aliphatic rings. The lowest BCUT2D eigenvalue weighted by atomic mass is 10.2. The minimum absolute atomic E-state index is 1.17. The SMILES string of the molecule is C/C=C/c1ccccc1[Si](C)(C)C. The van der Waals surface area contributed by atoms with E-state index in [0.717, 1.165) is 0 Å². The van der Waals surface area contributed by atoms with Gasteiger partial charge in [-0.05, 0) is 12.5 Å². The third kappa shape index (κ3) is 2.56. The Morgan fingerprint density at radius 1 is 1.08 bits per heavy atom. The molecule has 13 heavy (non-hydrogen) atoms. The molecule has 0 bridgehead atoms. The first-order chi connectivity index (χ1) is 6.05. The van der Waals surface area contributed by atoms with Crippen molar-refractivity contribution in [2.24, 2.45) is 0 Å². The summed E-state index contributed by atoms with van der Waals surface area (Å²) in [5.41, 5.74) is 1.39. The highest BCUT2D eigenvalue weighted by Crippen LogP contribution is 2.08. The molecular formula is C12H18Si. The fraction of sp³-hybridized carbons (Fsp3) is 0.333. The van der Waals surface area contributed by atoms with Gasteiger partial charge in [-0.2, -0.15) is 0 Å². The van der Waals surface area contributed by atoms with E-state index in [9.17, 15) is 0 Å². The monoisotopic (exact) mass is 190 g/mol. The highest BCUT2D eigenvalue weighted by atomic mass is 28.3. The van der Waals surface area contributed by atoms with Gasteiger partial charge in [-0.3, -0.25) is 0 Å². The second-order valence-corrected chi connectivity index (χ2v) is 9.38. The van der Waals surface area contributed by atoms with E-state index < -0.39 is 8.07 Å². The van der Waals surface area contributed by atoms with Crippen molar-refractivity contribution in [3.05, 3.63) is 35.9 Å². The smallest absolute Gasteiger partial charge is 0.0783 e. The van der Waals surface area contributed by atoms with Crippen molar-refractivity contribution >= 4 is 19.3 Å². The molecule has 0 N–H and O–H groups in total. The van der Waals surface area contributed by atoms with E-state index >= 15 is 0 Å². The van der Waals surface area contributed by atoms with Crippen LogP contribution < -0.4 is 5.19 Å². The Kier molecular flexibility index (Phi) is 3.10. The summed E-state index contributed by atoms with van der Waals surface area (Å²) in [5, 5.41) is 1.55. The number of benzene rings is 1. The van der Waals surface area contributed by atoms with Crippen molar-refractivity contribution in [3.8, 4) is 0 Å². The molecule has 1 aromatic carbocycles. The summed E-state index contributed by atoms with van der Waals surface area (Å²) < 4.78 is 0. The third-order valence-corrected chi connectivity index (χ3v) is 4.19. The molecule has 0 aliphatic heterocycles. The zero-order valence-electron chi connectivity index (χ0n) is 8.96. The first-order valence-electron chi connectivity index (χ1n) is 4.78. The highest BCUT2D eigenvalue weighted by molar-refractivity contribution is 6.89. The molecule has 70 valence electrons. The minimum Gasteiger partial charge on any atom is -0.0871 e. The molecule has 1 aromatic rings. The summed E-state index contributed by atoms with van der Waals surface area (Å²) in [4.78, 5) is 0. The lowest BCUT2D eigenvalue weighted by molar-refractivity contribution is 1.63. The number of hydrogen-bond acceptors (Lipinski definition) is 0. The van der Waals surface area contributed by atoms with E-state index in [-0.39, 0.29) is 0 Å². The zero-order chi connectivity index (χ0) is 9.90. The molecule has 0 saturated carbocycles. The highest BCUT2D eigenvalue weighted by Gasteiger charge is 2.17. The van der Waals surface area contributed by atoms with Gasteiger partial charge in [0.1, 0.15) is 0 Å². The van der Waals surface area contributed by atoms with Crippen LogP contribution in [0.3, 0.4) is 0 Å². The van der Waals surface area contributed by atoms with Crippen molar-refractivity contribution in [1.29, 1.82) is 0 Å². The van der Waals surface area contributed by atoms with Crippen LogP contribution in [0.4, 0.5) is 0 Å². The first-order valence-corrected chi connectivity index (χ1v) is 8.28. The normalized spacial score (nSPS) is 12.3. The van der Waals surface area contributed by atoms with E-state index in [4.69, 9.17) is 0 Å². The van der Waals surface area contributed by atoms with Crippen LogP contribution in [0.2, 0.25) is 19.6 Å². The van der Waals surface area contributed by atoms with Crippen LogP contribution in [-0.2, 0) is 0 Å². The average molecular weight is 190 g/mol. The van der Waals surface area contributed by atoms with Crippen molar-refractivity contribution < 1.29 is 0 Å². The van der Waals surface area contributed by atoms with E-state index in [1.54, 1.807) is 5.19 Å². The van der Waals surface area contributed by atoms with E-state index in [1.165, 1.54) is 5.56 Å². The minimum atomic E-state index is -1.17. The van der Waals surface area contributed by atoms with Crippen molar-refractivity contribution in [2.45, 2.75) is 26.6 Å². The lowest BCUT2D eigenvalue weighted by Crippen LogP contribution is -2.39. The van der Waals surface area contributed by atoms with E-state index in [1.807, 2.05) is 0 Å². The van der Waals surface area contributed by atoms with Crippen molar-refractivity contribution in [1.82, 2.24) is 0 Å². The Labute approximate surface area is 82.3 Å². The molecule has 0 amide bonds. The van der Waals surface area contributed by atoms with Gasteiger partial charge in [0, 0.05) is 0 Å². The van der Waals surface area contributed by atoms with Crippen LogP contribution in [-0.4, -0.2) is 8.07 Å². The van der Waals surface area contributed by atoms with Gasteiger partial charge in [0.2, 0.25) is 0 Å². The molecule has 0 radical (unpaired) electrons. The van der Waals surface area contributed by atoms with Gasteiger partial charge >= 0.3 is 0 Å². The fourth-order valence-corrected chi connectivity index (χ4v) is 3.13. The Hall–Kier alpha value is -0.823. The maximum Gasteiger partial charge on any atom is 0.0783 e. The van der Waals surface area contributed by atoms with E-state index in [0.29, 0.717) is 0 Å². The molecule has 0 atom stereocenters. The molecule has 0 fully saturated rings. The topological polar surface area (TPSA) is 0 Å². The van der Waals surface area contributed by atoms with Gasteiger partial charge in [0.15, 0.2) is 0 Å². The fourth-order valence-electron chi connectivity index (χ4n) is 1.50. The van der Waals surface area contributed by atoms with Gasteiger partial charge in [-0.1, -0.05) is 61.2 Å². The second-order valence-electron chi connectivity index (χ2n) is 4.34. The average Bonchev–Trinajstić information content (AvgIpc) is 2.04. The summed E-state index contributed by atoms with van der Waals surface area (Å²) in [6.07, 6.45) is 4.31. The second kappa shape index (κ2) is 3.92. The Morgan fingerprint density at radius 2 is 1.69 bits per heavy atom. The van der Waals surface area contributed by atoms with Crippen LogP contribution >= 0.6 is 0 Å². The molecule has 1 rings (SSSR count). The molecule has 0 unspecified atom stereocenters. The summed E-state index contributed by atoms with van der Waals surface area (Å²) in [6, 6.07) is 8.72. The quantitative estimate of drug-likeness (QED) is 0.628. The number of hydrogen-bond donors (Lipinski definition) is 0. The number of allylic oxidation sites excluding steroid dienone is 1. The summed E-state index contributed by atoms with van der Waals surface area (Å²) in [6.45, 7) is 9.22. The molecule has 0 aromatic heterocycles. The summed E-state index contributed by atoms with van der Waals surface area (Å²) in [7, 11) is -1.17. The molecule has 0 heterocycles. The Bertz CT molecular complexity index is 305. The Balaban J connectivity index is 3.20. The molecule has 0 aliphatic carbocycles. The van der Waals surface area contributed by atoms with Gasteiger partial charge in [0.05, 0.1) is 8.07 Å². The van der Waals surface area contributed by atoms with Gasteiger partial charge in [0.25, 0.3) is 0 Å². The standard InChI is InChI=1S/C12H18Si/c1-5-8-11-9-6-7-10-12(11)13(2,3)4/h5-10H,1-4H3/b8-5+. The Morgan fingerprint density at radius 3 is 2.23 bits per heavy atom. The molecule has 0 saturated heterocycles. The summed E-state index contributed by atoms with van der Waals surface area (Å²) in [5.74, 6) is 0. The third-order valence-electron chi connectivity index (χ3n) is 2.12. The van der Waals surface area contributed by atoms with Crippen LogP contribution in [0.15, 0.2) is 30.3 Å².